The van der Waals surface area contributed by atoms with Crippen molar-refractivity contribution in [3.63, 3.8) is 0 Å². The lowest BCUT2D eigenvalue weighted by Gasteiger charge is -2.39. The first-order valence-corrected chi connectivity index (χ1v) is 31.2. The molecule has 306 valence electrons. The van der Waals surface area contributed by atoms with Crippen LogP contribution in [0.25, 0.3) is 0 Å². The summed E-state index contributed by atoms with van der Waals surface area (Å²) in [6, 6.07) is 0. The summed E-state index contributed by atoms with van der Waals surface area (Å²) >= 11 is 11.2. The molecule has 0 N–H and O–H groups in total. The molecule has 14 heteroatoms. The van der Waals surface area contributed by atoms with Crippen LogP contribution in [0.1, 0.15) is 94.4 Å². The van der Waals surface area contributed by atoms with Crippen LogP contribution in [0.4, 0.5) is 0 Å². The third-order valence-corrected chi connectivity index (χ3v) is 31.6. The third kappa shape index (κ3) is 10.1. The van der Waals surface area contributed by atoms with E-state index in [1.807, 2.05) is 0 Å². The molecular formula is C39H69Br3O8Si3. The number of hydrogen-bond acceptors (Lipinski definition) is 8. The van der Waals surface area contributed by atoms with Crippen molar-refractivity contribution in [2.24, 2.45) is 29.6 Å². The number of halogens is 3. The number of rotatable bonds is 6. The summed E-state index contributed by atoms with van der Waals surface area (Å²) in [6.45, 7) is 34.4. The van der Waals surface area contributed by atoms with Crippen molar-refractivity contribution in [1.82, 2.24) is 0 Å². The van der Waals surface area contributed by atoms with Crippen LogP contribution in [-0.4, -0.2) is 88.2 Å². The first-order valence-electron chi connectivity index (χ1n) is 19.7. The first-order chi connectivity index (χ1) is 23.9. The van der Waals surface area contributed by atoms with E-state index in [1.165, 1.54) is 0 Å². The Bertz CT molecular complexity index is 1350. The summed E-state index contributed by atoms with van der Waals surface area (Å²) in [5, 5.41) is 0.664. The minimum absolute atomic E-state index is 0.0363. The van der Waals surface area contributed by atoms with E-state index in [9.17, 15) is 14.4 Å². The molecule has 0 unspecified atom stereocenters. The maximum atomic E-state index is 11.6. The van der Waals surface area contributed by atoms with E-state index in [0.717, 1.165) is 25.7 Å². The van der Waals surface area contributed by atoms with Gasteiger partial charge in [0.2, 0.25) is 0 Å². The molecule has 4 saturated carbocycles. The lowest BCUT2D eigenvalue weighted by molar-refractivity contribution is -0.142. The zero-order valence-electron chi connectivity index (χ0n) is 35.1. The van der Waals surface area contributed by atoms with Gasteiger partial charge in [0.05, 0.1) is 37.3 Å². The number of ether oxygens (including phenoxy) is 2. The minimum Gasteiger partial charge on any atom is -0.465 e. The first kappa shape index (κ1) is 46.3. The molecule has 0 spiro atoms. The van der Waals surface area contributed by atoms with Crippen LogP contribution in [0, 0.1) is 29.6 Å². The fourth-order valence-corrected chi connectivity index (χ4v) is 14.8. The van der Waals surface area contributed by atoms with Gasteiger partial charge in [-0.3, -0.25) is 14.4 Å². The van der Waals surface area contributed by atoms with Crippen molar-refractivity contribution in [3.8, 4) is 0 Å². The van der Waals surface area contributed by atoms with Crippen LogP contribution < -0.4 is 0 Å². The lowest BCUT2D eigenvalue weighted by Crippen LogP contribution is -2.45. The molecule has 8 nitrogen and oxygen atoms in total. The number of esters is 2. The highest BCUT2D eigenvalue weighted by Gasteiger charge is 2.56. The Labute approximate surface area is 349 Å². The number of carbonyl (C=O) groups excluding carboxylic acids is 3. The van der Waals surface area contributed by atoms with E-state index in [2.05, 4.69) is 149 Å². The second-order valence-electron chi connectivity index (χ2n) is 21.0. The van der Waals surface area contributed by atoms with Crippen LogP contribution in [0.5, 0.6) is 0 Å². The zero-order valence-corrected chi connectivity index (χ0v) is 42.8. The van der Waals surface area contributed by atoms with Gasteiger partial charge in [0, 0.05) is 45.1 Å². The Balaban J connectivity index is 0.000000178. The standard InChI is InChI=1S/2C13H23BrO3Si.C13H23BrO2Si/c1-13(2,3)18(4,5)17-10-7-9-8(12(10)14)6-11(15)16-9;1-13(2,3)18(4,5)17-10-6-8-9(11(10)14)7-16-12(8)15;1-13(2,3)17(4,5)16-11-7-8-9(12(11)14)6-10(8)15/h8-10,12H,6-7H2,1-5H3;8-11H,6-7H2,1-5H3;8-9,11-12H,6-7H2,1-5H3/t8-,9-,10+,12+;8-,9-,10+,11+;8-,9-,11+,12+/m111/s1. The highest BCUT2D eigenvalue weighted by atomic mass is 79.9. The van der Waals surface area contributed by atoms with Crippen LogP contribution in [0.3, 0.4) is 0 Å². The summed E-state index contributed by atoms with van der Waals surface area (Å²) in [4.78, 5) is 35.3. The molecule has 4 aliphatic carbocycles. The smallest absolute Gasteiger partial charge is 0.309 e. The molecule has 12 atom stereocenters. The third-order valence-electron chi connectivity index (χ3n) is 14.3. The van der Waals surface area contributed by atoms with Crippen LogP contribution in [-0.2, 0) is 37.1 Å². The van der Waals surface area contributed by atoms with Gasteiger partial charge < -0.3 is 22.8 Å². The number of ketones is 1. The van der Waals surface area contributed by atoms with Gasteiger partial charge in [-0.15, -0.1) is 0 Å². The quantitative estimate of drug-likeness (QED) is 0.148. The van der Waals surface area contributed by atoms with Crippen LogP contribution >= 0.6 is 47.8 Å². The van der Waals surface area contributed by atoms with Gasteiger partial charge in [-0.25, -0.2) is 0 Å². The Kier molecular flexibility index (Phi) is 14.2. The highest BCUT2D eigenvalue weighted by molar-refractivity contribution is 9.10. The van der Waals surface area contributed by atoms with Crippen molar-refractivity contribution >= 4 is 90.5 Å². The topological polar surface area (TPSA) is 97.4 Å². The van der Waals surface area contributed by atoms with Gasteiger partial charge in [0.25, 0.3) is 0 Å². The van der Waals surface area contributed by atoms with E-state index in [1.54, 1.807) is 0 Å². The van der Waals surface area contributed by atoms with Gasteiger partial charge in [-0.2, -0.15) is 0 Å². The fraction of sp³-hybridized carbons (Fsp3) is 0.923. The van der Waals surface area contributed by atoms with Gasteiger partial charge in [0.1, 0.15) is 11.9 Å². The predicted molar refractivity (Wildman–Crippen MR) is 231 cm³/mol. The number of cyclic esters (lactones) is 1. The minimum atomic E-state index is -1.76. The molecular weight excluding hydrogens is 920 g/mol. The maximum Gasteiger partial charge on any atom is 0.309 e. The molecule has 6 fully saturated rings. The van der Waals surface area contributed by atoms with E-state index < -0.39 is 25.0 Å². The van der Waals surface area contributed by atoms with Gasteiger partial charge >= 0.3 is 11.9 Å². The van der Waals surface area contributed by atoms with E-state index in [0.29, 0.717) is 41.4 Å². The van der Waals surface area contributed by atoms with Crippen molar-refractivity contribution in [2.45, 2.75) is 188 Å². The molecule has 0 aromatic carbocycles. The number of carbonyl (C=O) groups is 3. The SMILES string of the molecule is CC(C)(C)[Si](C)(C)O[C@H]1C[C@H]2C(=O)C[C@H]2[C@@H]1Br.CC(C)(C)[Si](C)(C)O[C@H]1C[C@H]2C(=O)OC[C@H]2[C@@H]1Br.CC(C)(C)[Si](C)(C)O[C@H]1C[C@H]2OC(=O)C[C@H]2[C@@H]1Br. The molecule has 2 saturated heterocycles. The molecule has 0 bridgehead atoms. The number of alkyl halides is 3. The fourth-order valence-electron chi connectivity index (χ4n) is 7.53. The van der Waals surface area contributed by atoms with Gasteiger partial charge in [-0.1, -0.05) is 110 Å². The Morgan fingerprint density at radius 1 is 0.566 bits per heavy atom. The molecule has 53 heavy (non-hydrogen) atoms. The summed E-state index contributed by atoms with van der Waals surface area (Å²) in [5.41, 5.74) is 0. The summed E-state index contributed by atoms with van der Waals surface area (Å²) in [6.07, 6.45) is 4.56. The molecule has 6 aliphatic rings. The number of fused-ring (bicyclic) bond motifs is 3. The Morgan fingerprint density at radius 2 is 0.962 bits per heavy atom. The number of Topliss-reactive ketones (excluding diaryl/α,β-unsaturated/α-hetero) is 1. The second-order valence-corrected chi connectivity index (χ2v) is 38.5. The van der Waals surface area contributed by atoms with Crippen molar-refractivity contribution in [1.29, 1.82) is 0 Å². The van der Waals surface area contributed by atoms with E-state index in [-0.39, 0.29) is 73.0 Å². The molecule has 6 rings (SSSR count). The molecule has 2 aliphatic heterocycles. The Morgan fingerprint density at radius 3 is 1.34 bits per heavy atom. The molecule has 0 aromatic rings. The molecule has 0 radical (unpaired) electrons. The van der Waals surface area contributed by atoms with Gasteiger partial charge in [0.15, 0.2) is 25.0 Å². The number of hydrogen-bond donors (Lipinski definition) is 0. The molecule has 0 aromatic heterocycles. The summed E-state index contributed by atoms with van der Waals surface area (Å²) in [7, 11) is -5.22. The van der Waals surface area contributed by atoms with Crippen LogP contribution in [0.2, 0.25) is 54.4 Å². The van der Waals surface area contributed by atoms with Gasteiger partial charge in [-0.05, 0) is 73.2 Å². The predicted octanol–water partition coefficient (Wildman–Crippen LogP) is 10.6. The molecule has 0 amide bonds. The van der Waals surface area contributed by atoms with E-state index >= 15 is 0 Å². The lowest BCUT2D eigenvalue weighted by atomic mass is 9.75. The molecule has 2 heterocycles. The van der Waals surface area contributed by atoms with E-state index in [4.69, 9.17) is 22.8 Å². The van der Waals surface area contributed by atoms with Crippen molar-refractivity contribution in [3.05, 3.63) is 0 Å². The monoisotopic (exact) mass is 986 g/mol. The second kappa shape index (κ2) is 16.3. The zero-order chi connectivity index (χ0) is 40.4. The largest absolute Gasteiger partial charge is 0.465 e. The van der Waals surface area contributed by atoms with Crippen LogP contribution in [0.15, 0.2) is 0 Å². The average molecular weight is 990 g/mol. The maximum absolute atomic E-state index is 11.6. The normalized spacial score (nSPS) is 37.1. The summed E-state index contributed by atoms with van der Waals surface area (Å²) in [5.74, 6) is 1.82. The summed E-state index contributed by atoms with van der Waals surface area (Å²) < 4.78 is 29.8. The van der Waals surface area contributed by atoms with Crippen molar-refractivity contribution in [2.75, 3.05) is 6.61 Å². The Hall–Kier alpha value is 0.581. The average Bonchev–Trinajstić information content (AvgIpc) is 3.75. The van der Waals surface area contributed by atoms with Crippen molar-refractivity contribution < 1.29 is 37.1 Å². The highest BCUT2D eigenvalue weighted by Crippen LogP contribution is 2.51.